The van der Waals surface area contributed by atoms with Gasteiger partial charge in [-0.2, -0.15) is 0 Å². The third-order valence-corrected chi connectivity index (χ3v) is 2.64. The van der Waals surface area contributed by atoms with Gasteiger partial charge in [0.25, 0.3) is 0 Å². The molecule has 0 radical (unpaired) electrons. The molecule has 1 aliphatic rings. The molecule has 0 heterocycles. The van der Waals surface area contributed by atoms with Gasteiger partial charge in [-0.1, -0.05) is 20.8 Å². The van der Waals surface area contributed by atoms with Gasteiger partial charge in [0.2, 0.25) is 0 Å². The van der Waals surface area contributed by atoms with Crippen molar-refractivity contribution in [3.05, 3.63) is 0 Å². The second kappa shape index (κ2) is 4.97. The smallest absolute Gasteiger partial charge is 0.00934 e. The SMILES string of the molecule is CC(CNC(C)C)CN(C)C1CC1. The molecule has 0 aromatic carbocycles. The zero-order chi connectivity index (χ0) is 9.84. The first kappa shape index (κ1) is 11.0. The van der Waals surface area contributed by atoms with Crippen molar-refractivity contribution in [2.75, 3.05) is 20.1 Å². The van der Waals surface area contributed by atoms with Gasteiger partial charge in [-0.15, -0.1) is 0 Å². The minimum Gasteiger partial charge on any atom is -0.314 e. The van der Waals surface area contributed by atoms with Crippen molar-refractivity contribution in [1.29, 1.82) is 0 Å². The van der Waals surface area contributed by atoms with Crippen LogP contribution in [-0.4, -0.2) is 37.1 Å². The number of nitrogens with zero attached hydrogens (tertiary/aromatic N) is 1. The highest BCUT2D eigenvalue weighted by Crippen LogP contribution is 2.25. The average molecular weight is 184 g/mol. The van der Waals surface area contributed by atoms with E-state index in [4.69, 9.17) is 0 Å². The van der Waals surface area contributed by atoms with Gasteiger partial charge >= 0.3 is 0 Å². The molecular weight excluding hydrogens is 160 g/mol. The first-order valence-electron chi connectivity index (χ1n) is 5.53. The molecule has 2 nitrogen and oxygen atoms in total. The summed E-state index contributed by atoms with van der Waals surface area (Å²) in [7, 11) is 2.25. The molecule has 0 amide bonds. The molecule has 78 valence electrons. The lowest BCUT2D eigenvalue weighted by atomic mass is 10.1. The van der Waals surface area contributed by atoms with E-state index in [-0.39, 0.29) is 0 Å². The molecule has 1 unspecified atom stereocenters. The summed E-state index contributed by atoms with van der Waals surface area (Å²) >= 11 is 0. The van der Waals surface area contributed by atoms with E-state index >= 15 is 0 Å². The summed E-state index contributed by atoms with van der Waals surface area (Å²) in [6, 6.07) is 1.52. The van der Waals surface area contributed by atoms with Crippen LogP contribution < -0.4 is 5.32 Å². The molecule has 1 fully saturated rings. The van der Waals surface area contributed by atoms with Gasteiger partial charge in [0, 0.05) is 18.6 Å². The summed E-state index contributed by atoms with van der Waals surface area (Å²) in [5.74, 6) is 0.771. The maximum absolute atomic E-state index is 3.48. The third kappa shape index (κ3) is 4.63. The molecule has 1 rings (SSSR count). The predicted molar refractivity (Wildman–Crippen MR) is 58.0 cm³/mol. The Kier molecular flexibility index (Phi) is 4.20. The van der Waals surface area contributed by atoms with Crippen molar-refractivity contribution in [1.82, 2.24) is 10.2 Å². The fourth-order valence-electron chi connectivity index (χ4n) is 1.66. The van der Waals surface area contributed by atoms with Gasteiger partial charge in [0.15, 0.2) is 0 Å². The van der Waals surface area contributed by atoms with Gasteiger partial charge in [-0.25, -0.2) is 0 Å². The molecular formula is C11H24N2. The highest BCUT2D eigenvalue weighted by atomic mass is 15.2. The minimum atomic E-state index is 0.619. The topological polar surface area (TPSA) is 15.3 Å². The fraction of sp³-hybridized carbons (Fsp3) is 1.00. The molecule has 2 heteroatoms. The molecule has 1 N–H and O–H groups in total. The van der Waals surface area contributed by atoms with Gasteiger partial charge in [0.05, 0.1) is 0 Å². The predicted octanol–water partition coefficient (Wildman–Crippen LogP) is 1.71. The van der Waals surface area contributed by atoms with Crippen LogP contribution in [0.5, 0.6) is 0 Å². The van der Waals surface area contributed by atoms with Crippen molar-refractivity contribution in [3.8, 4) is 0 Å². The Balaban J connectivity index is 2.05. The maximum Gasteiger partial charge on any atom is 0.00934 e. The van der Waals surface area contributed by atoms with E-state index in [2.05, 4.69) is 38.0 Å². The molecule has 1 saturated carbocycles. The van der Waals surface area contributed by atoms with Gasteiger partial charge in [-0.05, 0) is 32.4 Å². The van der Waals surface area contributed by atoms with E-state index in [0.29, 0.717) is 6.04 Å². The van der Waals surface area contributed by atoms with Crippen LogP contribution in [-0.2, 0) is 0 Å². The van der Waals surface area contributed by atoms with Crippen LogP contribution in [0.2, 0.25) is 0 Å². The summed E-state index contributed by atoms with van der Waals surface area (Å²) < 4.78 is 0. The lowest BCUT2D eigenvalue weighted by Crippen LogP contribution is -2.34. The van der Waals surface area contributed by atoms with E-state index in [1.807, 2.05) is 0 Å². The van der Waals surface area contributed by atoms with E-state index in [1.165, 1.54) is 19.4 Å². The molecule has 1 atom stereocenters. The molecule has 0 spiro atoms. The third-order valence-electron chi connectivity index (χ3n) is 2.64. The Morgan fingerprint density at radius 3 is 2.38 bits per heavy atom. The number of hydrogen-bond acceptors (Lipinski definition) is 2. The number of nitrogens with one attached hydrogen (secondary N) is 1. The molecule has 0 aliphatic heterocycles. The minimum absolute atomic E-state index is 0.619. The highest BCUT2D eigenvalue weighted by Gasteiger charge is 2.26. The Hall–Kier alpha value is -0.0800. The van der Waals surface area contributed by atoms with E-state index in [1.54, 1.807) is 0 Å². The van der Waals surface area contributed by atoms with Crippen LogP contribution >= 0.6 is 0 Å². The normalized spacial score (nSPS) is 19.8. The summed E-state index contributed by atoms with van der Waals surface area (Å²) in [5, 5.41) is 3.48. The Labute approximate surface area is 82.7 Å². The first-order chi connectivity index (χ1) is 6.09. The Morgan fingerprint density at radius 1 is 1.31 bits per heavy atom. The maximum atomic E-state index is 3.48. The second-order valence-corrected chi connectivity index (χ2v) is 4.84. The number of hydrogen-bond donors (Lipinski definition) is 1. The Bertz CT molecular complexity index is 141. The summed E-state index contributed by atoms with van der Waals surface area (Å²) in [4.78, 5) is 2.51. The van der Waals surface area contributed by atoms with Crippen LogP contribution in [0, 0.1) is 5.92 Å². The number of rotatable bonds is 6. The molecule has 0 aromatic heterocycles. The molecule has 0 bridgehead atoms. The summed E-state index contributed by atoms with van der Waals surface area (Å²) in [5.41, 5.74) is 0. The van der Waals surface area contributed by atoms with Crippen LogP contribution in [0.25, 0.3) is 0 Å². The lowest BCUT2D eigenvalue weighted by Gasteiger charge is -2.22. The molecule has 0 saturated heterocycles. The zero-order valence-corrected chi connectivity index (χ0v) is 9.51. The molecule has 1 aliphatic carbocycles. The second-order valence-electron chi connectivity index (χ2n) is 4.84. The van der Waals surface area contributed by atoms with Gasteiger partial charge < -0.3 is 10.2 Å². The van der Waals surface area contributed by atoms with Gasteiger partial charge in [-0.3, -0.25) is 0 Å². The van der Waals surface area contributed by atoms with Crippen LogP contribution in [0.1, 0.15) is 33.6 Å². The monoisotopic (exact) mass is 184 g/mol. The molecule has 13 heavy (non-hydrogen) atoms. The quantitative estimate of drug-likeness (QED) is 0.676. The highest BCUT2D eigenvalue weighted by molar-refractivity contribution is 4.83. The summed E-state index contributed by atoms with van der Waals surface area (Å²) in [6.07, 6.45) is 2.83. The molecule has 0 aromatic rings. The van der Waals surface area contributed by atoms with Gasteiger partial charge in [0.1, 0.15) is 0 Å². The van der Waals surface area contributed by atoms with E-state index in [9.17, 15) is 0 Å². The summed E-state index contributed by atoms with van der Waals surface area (Å²) in [6.45, 7) is 9.13. The largest absolute Gasteiger partial charge is 0.314 e. The Morgan fingerprint density at radius 2 is 1.92 bits per heavy atom. The van der Waals surface area contributed by atoms with Crippen molar-refractivity contribution < 1.29 is 0 Å². The van der Waals surface area contributed by atoms with Crippen molar-refractivity contribution in [2.24, 2.45) is 5.92 Å². The van der Waals surface area contributed by atoms with E-state index in [0.717, 1.165) is 18.5 Å². The standard InChI is InChI=1S/C11H24N2/c1-9(2)12-7-10(3)8-13(4)11-5-6-11/h9-12H,5-8H2,1-4H3. The van der Waals surface area contributed by atoms with Crippen LogP contribution in [0.4, 0.5) is 0 Å². The van der Waals surface area contributed by atoms with Crippen LogP contribution in [0.3, 0.4) is 0 Å². The zero-order valence-electron chi connectivity index (χ0n) is 9.51. The van der Waals surface area contributed by atoms with Crippen molar-refractivity contribution in [2.45, 2.75) is 45.7 Å². The first-order valence-corrected chi connectivity index (χ1v) is 5.53. The van der Waals surface area contributed by atoms with Crippen molar-refractivity contribution >= 4 is 0 Å². The lowest BCUT2D eigenvalue weighted by molar-refractivity contribution is 0.269. The average Bonchev–Trinajstić information content (AvgIpc) is 2.82. The fourth-order valence-corrected chi connectivity index (χ4v) is 1.66. The van der Waals surface area contributed by atoms with Crippen molar-refractivity contribution in [3.63, 3.8) is 0 Å². The van der Waals surface area contributed by atoms with E-state index < -0.39 is 0 Å². The van der Waals surface area contributed by atoms with Crippen LogP contribution in [0.15, 0.2) is 0 Å².